The fourth-order valence-electron chi connectivity index (χ4n) is 4.00. The van der Waals surface area contributed by atoms with Gasteiger partial charge in [-0.25, -0.2) is 13.2 Å². The van der Waals surface area contributed by atoms with E-state index in [0.717, 1.165) is 5.69 Å². The summed E-state index contributed by atoms with van der Waals surface area (Å²) in [6.45, 7) is 3.22. The van der Waals surface area contributed by atoms with E-state index in [1.807, 2.05) is 17.6 Å². The average Bonchev–Trinajstić information content (AvgIpc) is 3.34. The van der Waals surface area contributed by atoms with Crippen LogP contribution in [-0.4, -0.2) is 53.0 Å². The molecule has 1 N–H and O–H groups in total. The van der Waals surface area contributed by atoms with Crippen molar-refractivity contribution in [2.75, 3.05) is 18.1 Å². The maximum atomic E-state index is 12.7. The molecule has 0 spiro atoms. The van der Waals surface area contributed by atoms with E-state index in [1.54, 1.807) is 31.2 Å². The second-order valence-corrected chi connectivity index (χ2v) is 9.56. The number of carbonyl (C=O) groups is 2. The standard InChI is InChI=1S/C20H21N3O5S/c1-12-9-16(13(2)23(12)14-7-8-29(26,27)11-14)18(24)10-28-20(25)19-15-5-3-4-6-17(15)21-22-19/h3-6,9,14H,7-8,10-11H2,1-2H3,(H,21,22)/t14-/m0/s1. The van der Waals surface area contributed by atoms with Gasteiger partial charge in [-0.15, -0.1) is 0 Å². The lowest BCUT2D eigenvalue weighted by Crippen LogP contribution is -2.17. The average molecular weight is 415 g/mol. The molecule has 0 aliphatic carbocycles. The minimum atomic E-state index is -3.04. The molecule has 29 heavy (non-hydrogen) atoms. The van der Waals surface area contributed by atoms with Crippen LogP contribution < -0.4 is 0 Å². The molecule has 0 bridgehead atoms. The monoisotopic (exact) mass is 415 g/mol. The topological polar surface area (TPSA) is 111 Å². The van der Waals surface area contributed by atoms with Crippen molar-refractivity contribution < 1.29 is 22.7 Å². The highest BCUT2D eigenvalue weighted by Crippen LogP contribution is 2.29. The first-order valence-electron chi connectivity index (χ1n) is 9.29. The number of nitrogens with zero attached hydrogens (tertiary/aromatic N) is 2. The minimum Gasteiger partial charge on any atom is -0.452 e. The Morgan fingerprint density at radius 3 is 2.76 bits per heavy atom. The van der Waals surface area contributed by atoms with Gasteiger partial charge in [-0.05, 0) is 32.4 Å². The number of carbonyl (C=O) groups excluding carboxylic acids is 2. The summed E-state index contributed by atoms with van der Waals surface area (Å²) in [6.07, 6.45) is 0.535. The zero-order valence-corrected chi connectivity index (χ0v) is 17.0. The van der Waals surface area contributed by atoms with Gasteiger partial charge in [0.1, 0.15) is 0 Å². The number of fused-ring (bicyclic) bond motifs is 1. The minimum absolute atomic E-state index is 0.0816. The van der Waals surface area contributed by atoms with Gasteiger partial charge in [0.15, 0.2) is 22.1 Å². The predicted octanol–water partition coefficient (Wildman–Crippen LogP) is 2.38. The molecule has 1 aliphatic heterocycles. The molecule has 9 heteroatoms. The number of aryl methyl sites for hydroxylation is 1. The number of rotatable bonds is 5. The summed E-state index contributed by atoms with van der Waals surface area (Å²) < 4.78 is 30.7. The largest absolute Gasteiger partial charge is 0.452 e. The van der Waals surface area contributed by atoms with E-state index in [1.165, 1.54) is 0 Å². The van der Waals surface area contributed by atoms with Crippen LogP contribution in [-0.2, 0) is 14.6 Å². The first kappa shape index (κ1) is 19.4. The van der Waals surface area contributed by atoms with Crippen molar-refractivity contribution in [1.82, 2.24) is 14.8 Å². The molecule has 1 saturated heterocycles. The van der Waals surface area contributed by atoms with Gasteiger partial charge < -0.3 is 9.30 Å². The molecule has 1 aromatic carbocycles. The zero-order chi connectivity index (χ0) is 20.8. The second-order valence-electron chi connectivity index (χ2n) is 7.33. The molecule has 8 nitrogen and oxygen atoms in total. The molecule has 152 valence electrons. The second kappa shape index (κ2) is 7.14. The number of H-pyrrole nitrogens is 1. The third-order valence-corrected chi connectivity index (χ3v) is 7.11. The van der Waals surface area contributed by atoms with Crippen molar-refractivity contribution in [2.24, 2.45) is 0 Å². The van der Waals surface area contributed by atoms with Crippen molar-refractivity contribution in [2.45, 2.75) is 26.3 Å². The van der Waals surface area contributed by atoms with Gasteiger partial charge >= 0.3 is 5.97 Å². The number of para-hydroxylation sites is 1. The van der Waals surface area contributed by atoms with Gasteiger partial charge in [-0.1, -0.05) is 18.2 Å². The van der Waals surface area contributed by atoms with Crippen LogP contribution in [0.5, 0.6) is 0 Å². The number of benzene rings is 1. The molecular weight excluding hydrogens is 394 g/mol. The number of hydrogen-bond acceptors (Lipinski definition) is 6. The Labute approximate surface area is 167 Å². The normalized spacial score (nSPS) is 18.2. The number of ether oxygens (including phenoxy) is 1. The molecule has 1 fully saturated rings. The van der Waals surface area contributed by atoms with Crippen LogP contribution in [0.15, 0.2) is 30.3 Å². The predicted molar refractivity (Wildman–Crippen MR) is 107 cm³/mol. The molecular formula is C20H21N3O5S. The van der Waals surface area contributed by atoms with Crippen LogP contribution in [0.1, 0.15) is 44.7 Å². The Morgan fingerprint density at radius 2 is 2.03 bits per heavy atom. The number of aromatic amines is 1. The Kier molecular flexibility index (Phi) is 4.77. The molecule has 1 aliphatic rings. The van der Waals surface area contributed by atoms with Crippen LogP contribution in [0.4, 0.5) is 0 Å². The summed E-state index contributed by atoms with van der Waals surface area (Å²) >= 11 is 0. The number of aromatic nitrogens is 3. The number of sulfone groups is 1. The Bertz CT molecular complexity index is 1220. The fraction of sp³-hybridized carbons (Fsp3) is 0.350. The fourth-order valence-corrected chi connectivity index (χ4v) is 5.70. The lowest BCUT2D eigenvalue weighted by molar-refractivity contribution is 0.0470. The number of Topliss-reactive ketones (excluding diaryl/α,β-unsaturated/α-hetero) is 1. The third-order valence-electron chi connectivity index (χ3n) is 5.36. The molecule has 0 saturated carbocycles. The first-order valence-corrected chi connectivity index (χ1v) is 11.1. The van der Waals surface area contributed by atoms with Crippen molar-refractivity contribution in [3.63, 3.8) is 0 Å². The number of esters is 1. The van der Waals surface area contributed by atoms with Gasteiger partial charge in [0.2, 0.25) is 5.78 Å². The summed E-state index contributed by atoms with van der Waals surface area (Å²) in [5.74, 6) is -0.768. The Balaban J connectivity index is 1.49. The summed E-state index contributed by atoms with van der Waals surface area (Å²) in [4.78, 5) is 25.0. The van der Waals surface area contributed by atoms with E-state index in [-0.39, 0.29) is 29.0 Å². The van der Waals surface area contributed by atoms with Gasteiger partial charge in [-0.2, -0.15) is 5.10 Å². The Morgan fingerprint density at radius 1 is 1.28 bits per heavy atom. The van der Waals surface area contributed by atoms with E-state index in [0.29, 0.717) is 28.6 Å². The lowest BCUT2D eigenvalue weighted by atomic mass is 10.1. The van der Waals surface area contributed by atoms with E-state index in [9.17, 15) is 18.0 Å². The van der Waals surface area contributed by atoms with Crippen molar-refractivity contribution in [3.05, 3.63) is 53.0 Å². The summed E-state index contributed by atoms with van der Waals surface area (Å²) in [7, 11) is -3.04. The van der Waals surface area contributed by atoms with E-state index in [4.69, 9.17) is 4.74 Å². The summed E-state index contributed by atoms with van der Waals surface area (Å²) in [5, 5.41) is 7.36. The molecule has 2 aromatic heterocycles. The molecule has 0 radical (unpaired) electrons. The number of nitrogens with one attached hydrogen (secondary N) is 1. The molecule has 0 amide bonds. The molecule has 0 unspecified atom stereocenters. The van der Waals surface area contributed by atoms with Crippen molar-refractivity contribution in [3.8, 4) is 0 Å². The van der Waals surface area contributed by atoms with Gasteiger partial charge in [0, 0.05) is 28.4 Å². The first-order chi connectivity index (χ1) is 13.8. The van der Waals surface area contributed by atoms with Crippen LogP contribution in [0.3, 0.4) is 0 Å². The SMILES string of the molecule is Cc1cc(C(=O)COC(=O)c2n[nH]c3ccccc23)c(C)n1[C@H]1CCS(=O)(=O)C1. The molecule has 3 aromatic rings. The van der Waals surface area contributed by atoms with Crippen LogP contribution in [0.25, 0.3) is 10.9 Å². The highest BCUT2D eigenvalue weighted by Gasteiger charge is 2.31. The third kappa shape index (κ3) is 3.57. The molecule has 1 atom stereocenters. The summed E-state index contributed by atoms with van der Waals surface area (Å²) in [6, 6.07) is 8.71. The van der Waals surface area contributed by atoms with Crippen LogP contribution in [0, 0.1) is 13.8 Å². The zero-order valence-electron chi connectivity index (χ0n) is 16.1. The maximum absolute atomic E-state index is 12.7. The van der Waals surface area contributed by atoms with Crippen molar-refractivity contribution in [1.29, 1.82) is 0 Å². The van der Waals surface area contributed by atoms with E-state index in [2.05, 4.69) is 10.2 Å². The van der Waals surface area contributed by atoms with Crippen molar-refractivity contribution >= 4 is 32.5 Å². The van der Waals surface area contributed by atoms with Crippen LogP contribution >= 0.6 is 0 Å². The maximum Gasteiger partial charge on any atom is 0.359 e. The molecule has 3 heterocycles. The van der Waals surface area contributed by atoms with E-state index >= 15 is 0 Å². The van der Waals surface area contributed by atoms with Gasteiger partial charge in [0.05, 0.1) is 17.0 Å². The van der Waals surface area contributed by atoms with Crippen LogP contribution in [0.2, 0.25) is 0 Å². The lowest BCUT2D eigenvalue weighted by Gasteiger charge is -2.16. The van der Waals surface area contributed by atoms with Gasteiger partial charge in [-0.3, -0.25) is 9.89 Å². The quantitative estimate of drug-likeness (QED) is 0.506. The Hall–Kier alpha value is -2.94. The number of ketones is 1. The van der Waals surface area contributed by atoms with Gasteiger partial charge in [0.25, 0.3) is 0 Å². The van der Waals surface area contributed by atoms with E-state index < -0.39 is 22.4 Å². The highest BCUT2D eigenvalue weighted by molar-refractivity contribution is 7.91. The molecule has 4 rings (SSSR count). The smallest absolute Gasteiger partial charge is 0.359 e. The highest BCUT2D eigenvalue weighted by atomic mass is 32.2. The summed E-state index contributed by atoms with van der Waals surface area (Å²) in [5.41, 5.74) is 2.79. The number of hydrogen-bond donors (Lipinski definition) is 1.